The molecule has 0 spiro atoms. The summed E-state index contributed by atoms with van der Waals surface area (Å²) in [5.74, 6) is -1.02. The second-order valence-electron chi connectivity index (χ2n) is 3.82. The molecule has 6 nitrogen and oxygen atoms in total. The highest BCUT2D eigenvalue weighted by atomic mass is 79.9. The van der Waals surface area contributed by atoms with E-state index in [1.807, 2.05) is 0 Å². The zero-order valence-corrected chi connectivity index (χ0v) is 11.3. The van der Waals surface area contributed by atoms with Crippen LogP contribution in [0, 0.1) is 0 Å². The third-order valence-electron chi connectivity index (χ3n) is 2.33. The molecule has 1 heterocycles. The van der Waals surface area contributed by atoms with Gasteiger partial charge in [-0.1, -0.05) is 15.9 Å². The van der Waals surface area contributed by atoms with Gasteiger partial charge in [-0.2, -0.15) is 0 Å². The van der Waals surface area contributed by atoms with Crippen molar-refractivity contribution in [3.8, 4) is 0 Å². The molecule has 1 aliphatic heterocycles. The van der Waals surface area contributed by atoms with Gasteiger partial charge < -0.3 is 19.3 Å². The number of aliphatic hydroxyl groups excluding tert-OH is 1. The van der Waals surface area contributed by atoms with Crippen LogP contribution in [-0.2, 0) is 23.8 Å². The molecule has 0 aromatic rings. The van der Waals surface area contributed by atoms with Crippen molar-refractivity contribution in [1.29, 1.82) is 0 Å². The number of carbonyl (C=O) groups is 2. The second-order valence-corrected chi connectivity index (χ2v) is 4.88. The Labute approximate surface area is 107 Å². The van der Waals surface area contributed by atoms with Crippen LogP contribution in [-0.4, -0.2) is 46.5 Å². The van der Waals surface area contributed by atoms with Gasteiger partial charge in [0.2, 0.25) is 0 Å². The third kappa shape index (κ3) is 3.65. The predicted molar refractivity (Wildman–Crippen MR) is 60.4 cm³/mol. The van der Waals surface area contributed by atoms with Crippen LogP contribution < -0.4 is 0 Å². The second kappa shape index (κ2) is 5.79. The standard InChI is InChI=1S/C10H15BrO6/c1-4-8(16-5(2)12)9(17-6(3)13)7(11)10(14)15-4/h4,7-10,14H,1-3H3/t4-,7-,8-,9-,10+/m0/s1. The van der Waals surface area contributed by atoms with Crippen LogP contribution in [0.3, 0.4) is 0 Å². The number of carbonyl (C=O) groups excluding carboxylic acids is 2. The Hall–Kier alpha value is -0.660. The minimum absolute atomic E-state index is 0.501. The molecule has 0 saturated carbocycles. The molecule has 1 rings (SSSR count). The van der Waals surface area contributed by atoms with Gasteiger partial charge in [-0.05, 0) is 6.92 Å². The monoisotopic (exact) mass is 310 g/mol. The van der Waals surface area contributed by atoms with Crippen LogP contribution in [0.5, 0.6) is 0 Å². The van der Waals surface area contributed by atoms with Gasteiger partial charge in [0.15, 0.2) is 18.5 Å². The lowest BCUT2D eigenvalue weighted by atomic mass is 10.0. The minimum atomic E-state index is -1.12. The summed E-state index contributed by atoms with van der Waals surface area (Å²) in [5.41, 5.74) is 0. The molecular formula is C10H15BrO6. The normalized spacial score (nSPS) is 37.4. The topological polar surface area (TPSA) is 82.1 Å². The number of alkyl halides is 1. The van der Waals surface area contributed by atoms with E-state index in [0.29, 0.717) is 0 Å². The van der Waals surface area contributed by atoms with E-state index in [0.717, 1.165) is 0 Å². The highest BCUT2D eigenvalue weighted by Gasteiger charge is 2.46. The summed E-state index contributed by atoms with van der Waals surface area (Å²) in [7, 11) is 0. The van der Waals surface area contributed by atoms with E-state index in [1.165, 1.54) is 13.8 Å². The van der Waals surface area contributed by atoms with Crippen LogP contribution in [0.4, 0.5) is 0 Å². The van der Waals surface area contributed by atoms with E-state index in [9.17, 15) is 14.7 Å². The van der Waals surface area contributed by atoms with E-state index in [2.05, 4.69) is 15.9 Å². The summed E-state index contributed by atoms with van der Waals surface area (Å²) in [6, 6.07) is 0. The molecular weight excluding hydrogens is 296 g/mol. The van der Waals surface area contributed by atoms with Gasteiger partial charge in [0.25, 0.3) is 0 Å². The van der Waals surface area contributed by atoms with Gasteiger partial charge in [0.05, 0.1) is 6.10 Å². The number of esters is 2. The predicted octanol–water partition coefficient (Wildman–Crippen LogP) is 0.350. The van der Waals surface area contributed by atoms with Gasteiger partial charge in [-0.25, -0.2) is 0 Å². The molecule has 0 aliphatic carbocycles. The van der Waals surface area contributed by atoms with Gasteiger partial charge >= 0.3 is 11.9 Å². The van der Waals surface area contributed by atoms with Crippen LogP contribution in [0.25, 0.3) is 0 Å². The first kappa shape index (κ1) is 14.4. The average Bonchev–Trinajstić information content (AvgIpc) is 2.19. The Morgan fingerprint density at radius 1 is 1.18 bits per heavy atom. The largest absolute Gasteiger partial charge is 0.457 e. The Balaban J connectivity index is 2.86. The van der Waals surface area contributed by atoms with Crippen molar-refractivity contribution < 1.29 is 28.9 Å². The first-order chi connectivity index (χ1) is 7.82. The van der Waals surface area contributed by atoms with Crippen molar-refractivity contribution in [2.45, 2.75) is 50.2 Å². The van der Waals surface area contributed by atoms with Gasteiger partial charge in [0.1, 0.15) is 4.83 Å². The quantitative estimate of drug-likeness (QED) is 0.585. The average molecular weight is 311 g/mol. The van der Waals surface area contributed by atoms with E-state index < -0.39 is 41.4 Å². The van der Waals surface area contributed by atoms with Gasteiger partial charge in [-0.15, -0.1) is 0 Å². The van der Waals surface area contributed by atoms with Crippen LogP contribution in [0.1, 0.15) is 20.8 Å². The molecule has 7 heteroatoms. The fraction of sp³-hybridized carbons (Fsp3) is 0.800. The summed E-state index contributed by atoms with van der Waals surface area (Å²) in [4.78, 5) is 21.3. The lowest BCUT2D eigenvalue weighted by molar-refractivity contribution is -0.236. The maximum atomic E-state index is 11.0. The number of hydrogen-bond donors (Lipinski definition) is 1. The highest BCUT2D eigenvalue weighted by molar-refractivity contribution is 9.09. The molecule has 0 bridgehead atoms. The van der Waals surface area contributed by atoms with Crippen LogP contribution in [0.2, 0.25) is 0 Å². The lowest BCUT2D eigenvalue weighted by Crippen LogP contribution is -2.57. The van der Waals surface area contributed by atoms with E-state index in [1.54, 1.807) is 6.92 Å². The number of hydrogen-bond acceptors (Lipinski definition) is 6. The van der Waals surface area contributed by atoms with Crippen LogP contribution in [0.15, 0.2) is 0 Å². The molecule has 0 radical (unpaired) electrons. The third-order valence-corrected chi connectivity index (χ3v) is 3.30. The molecule has 98 valence electrons. The molecule has 0 amide bonds. The molecule has 5 atom stereocenters. The Bertz CT molecular complexity index is 307. The molecule has 1 N–H and O–H groups in total. The first-order valence-corrected chi connectivity index (χ1v) is 6.06. The fourth-order valence-electron chi connectivity index (χ4n) is 1.66. The summed E-state index contributed by atoms with van der Waals surface area (Å²) in [6.45, 7) is 4.13. The molecule has 1 fully saturated rings. The van der Waals surface area contributed by atoms with E-state index >= 15 is 0 Å². The molecule has 17 heavy (non-hydrogen) atoms. The fourth-order valence-corrected chi connectivity index (χ4v) is 2.19. The van der Waals surface area contributed by atoms with Crippen molar-refractivity contribution in [2.24, 2.45) is 0 Å². The Morgan fingerprint density at radius 3 is 2.12 bits per heavy atom. The number of ether oxygens (including phenoxy) is 3. The number of halogens is 1. The van der Waals surface area contributed by atoms with Gasteiger partial charge in [-0.3, -0.25) is 9.59 Å². The maximum absolute atomic E-state index is 11.0. The van der Waals surface area contributed by atoms with E-state index in [4.69, 9.17) is 14.2 Å². The molecule has 1 aliphatic rings. The molecule has 0 aromatic heterocycles. The van der Waals surface area contributed by atoms with Gasteiger partial charge in [0, 0.05) is 13.8 Å². The Morgan fingerprint density at radius 2 is 1.65 bits per heavy atom. The number of rotatable bonds is 2. The Kier molecular flexibility index (Phi) is 4.91. The van der Waals surface area contributed by atoms with Crippen LogP contribution >= 0.6 is 15.9 Å². The minimum Gasteiger partial charge on any atom is -0.457 e. The van der Waals surface area contributed by atoms with Crippen molar-refractivity contribution in [1.82, 2.24) is 0 Å². The first-order valence-electron chi connectivity index (χ1n) is 5.15. The van der Waals surface area contributed by atoms with Crippen molar-refractivity contribution in [3.63, 3.8) is 0 Å². The number of aliphatic hydroxyl groups is 1. The van der Waals surface area contributed by atoms with Crippen molar-refractivity contribution >= 4 is 27.9 Å². The molecule has 1 saturated heterocycles. The van der Waals surface area contributed by atoms with Crippen molar-refractivity contribution in [2.75, 3.05) is 0 Å². The van der Waals surface area contributed by atoms with E-state index in [-0.39, 0.29) is 0 Å². The smallest absolute Gasteiger partial charge is 0.303 e. The summed E-state index contributed by atoms with van der Waals surface area (Å²) >= 11 is 3.16. The molecule has 0 unspecified atom stereocenters. The maximum Gasteiger partial charge on any atom is 0.303 e. The van der Waals surface area contributed by atoms with Crippen molar-refractivity contribution in [3.05, 3.63) is 0 Å². The lowest BCUT2D eigenvalue weighted by Gasteiger charge is -2.40. The molecule has 0 aromatic carbocycles. The highest BCUT2D eigenvalue weighted by Crippen LogP contribution is 2.29. The summed E-state index contributed by atoms with van der Waals surface area (Å²) in [5, 5.41) is 9.58. The summed E-state index contributed by atoms with van der Waals surface area (Å²) in [6.07, 6.45) is -3.22. The zero-order valence-electron chi connectivity index (χ0n) is 9.75. The zero-order chi connectivity index (χ0) is 13.2. The SMILES string of the molecule is CC(=O)O[C@@H]1[C@@H](OC(C)=O)[C@H](Br)[C@H](O)O[C@H]1C. The summed E-state index contributed by atoms with van der Waals surface area (Å²) < 4.78 is 15.3.